The smallest absolute Gasteiger partial charge is 0.331 e. The summed E-state index contributed by atoms with van der Waals surface area (Å²) in [6, 6.07) is 1.17. The van der Waals surface area contributed by atoms with E-state index in [0.29, 0.717) is 33.7 Å². The van der Waals surface area contributed by atoms with E-state index in [1.807, 2.05) is 0 Å². The maximum Gasteiger partial charge on any atom is 0.331 e. The van der Waals surface area contributed by atoms with Crippen LogP contribution in [-0.4, -0.2) is 38.9 Å². The summed E-state index contributed by atoms with van der Waals surface area (Å²) in [6.45, 7) is -1.80. The Kier molecular flexibility index (Phi) is 5.14. The van der Waals surface area contributed by atoms with E-state index in [1.54, 1.807) is 0 Å². The van der Waals surface area contributed by atoms with Crippen molar-refractivity contribution in [3.05, 3.63) is 75.1 Å². The first-order valence-corrected chi connectivity index (χ1v) is 6.88. The minimum atomic E-state index is -1.06. The Labute approximate surface area is 151 Å². The van der Waals surface area contributed by atoms with Crippen molar-refractivity contribution in [3.63, 3.8) is 0 Å². The third-order valence-corrected chi connectivity index (χ3v) is 3.38. The van der Waals surface area contributed by atoms with E-state index in [-0.39, 0.29) is 5.01 Å². The largest absolute Gasteiger partial charge is 0.358 e. The van der Waals surface area contributed by atoms with E-state index in [2.05, 4.69) is 0 Å². The van der Waals surface area contributed by atoms with Gasteiger partial charge in [-0.05, 0) is 14.9 Å². The van der Waals surface area contributed by atoms with Gasteiger partial charge in [0.1, 0.15) is 12.1 Å². The summed E-state index contributed by atoms with van der Waals surface area (Å²) in [4.78, 5) is 50.9. The monoisotopic (exact) mass is 400 g/mol. The van der Waals surface area contributed by atoms with Crippen molar-refractivity contribution in [2.24, 2.45) is 0 Å². The molecule has 0 fully saturated rings. The summed E-state index contributed by atoms with van der Waals surface area (Å²) in [5, 5.41) is 53.9. The molecule has 2 aromatic rings. The fourth-order valence-electron chi connectivity index (χ4n) is 2.20. The second kappa shape index (κ2) is 7.31. The summed E-state index contributed by atoms with van der Waals surface area (Å²) >= 11 is 0. The molecule has 2 rings (SSSR count). The van der Waals surface area contributed by atoms with Crippen LogP contribution in [0.4, 0.5) is 23.0 Å². The number of rotatable bonds is 9. The van der Waals surface area contributed by atoms with Gasteiger partial charge in [0.2, 0.25) is 13.3 Å². The molecule has 0 spiro atoms. The first-order valence-electron chi connectivity index (χ1n) is 6.88. The molecular formula is C10H8N8O10. The Bertz CT molecular complexity index is 920. The zero-order valence-electron chi connectivity index (χ0n) is 13.4. The Morgan fingerprint density at radius 3 is 1.29 bits per heavy atom. The Morgan fingerprint density at radius 2 is 1.04 bits per heavy atom. The highest BCUT2D eigenvalue weighted by molar-refractivity contribution is 5.40. The van der Waals surface area contributed by atoms with Crippen LogP contribution in [0.3, 0.4) is 0 Å². The highest BCUT2D eigenvalue weighted by Gasteiger charge is 2.31. The van der Waals surface area contributed by atoms with E-state index >= 15 is 0 Å². The third kappa shape index (κ3) is 3.95. The minimum absolute atomic E-state index is 0.244. The molecule has 2 heterocycles. The lowest BCUT2D eigenvalue weighted by Gasteiger charge is -2.11. The van der Waals surface area contributed by atoms with Crippen molar-refractivity contribution in [2.75, 3.05) is 0 Å². The third-order valence-electron chi connectivity index (χ3n) is 3.38. The molecule has 0 bridgehead atoms. The van der Waals surface area contributed by atoms with Crippen LogP contribution in [0, 0.1) is 50.6 Å². The van der Waals surface area contributed by atoms with Gasteiger partial charge in [-0.3, -0.25) is 20.2 Å². The Hall–Kier alpha value is -4.64. The molecule has 0 aliphatic heterocycles. The maximum absolute atomic E-state index is 11.2. The van der Waals surface area contributed by atoms with Gasteiger partial charge in [-0.25, -0.2) is 10.1 Å². The van der Waals surface area contributed by atoms with Gasteiger partial charge in [0, 0.05) is 0 Å². The van der Waals surface area contributed by atoms with Gasteiger partial charge < -0.3 is 20.2 Å². The van der Waals surface area contributed by atoms with E-state index in [1.165, 1.54) is 0 Å². The van der Waals surface area contributed by atoms with Gasteiger partial charge in [-0.15, -0.1) is 0 Å². The van der Waals surface area contributed by atoms with E-state index in [4.69, 9.17) is 0 Å². The molecule has 2 aromatic heterocycles. The molecule has 0 atom stereocenters. The number of aromatic nitrogens is 2. The average Bonchev–Trinajstić information content (AvgIpc) is 3.18. The van der Waals surface area contributed by atoms with E-state index in [0.717, 1.165) is 0 Å². The first kappa shape index (κ1) is 19.7. The van der Waals surface area contributed by atoms with Crippen molar-refractivity contribution < 1.29 is 24.7 Å². The van der Waals surface area contributed by atoms with Crippen molar-refractivity contribution in [1.29, 1.82) is 0 Å². The van der Waals surface area contributed by atoms with Gasteiger partial charge in [-0.2, -0.15) is 9.13 Å². The average molecular weight is 400 g/mol. The zero-order valence-corrected chi connectivity index (χ0v) is 13.4. The van der Waals surface area contributed by atoms with Crippen LogP contribution in [0.15, 0.2) is 24.5 Å². The fraction of sp³-hybridized carbons (Fsp3) is 0.200. The molecule has 28 heavy (non-hydrogen) atoms. The molecule has 0 unspecified atom stereocenters. The molecular weight excluding hydrogens is 392 g/mol. The zero-order chi connectivity index (χ0) is 21.2. The minimum Gasteiger partial charge on any atom is -0.358 e. The van der Waals surface area contributed by atoms with Crippen LogP contribution >= 0.6 is 0 Å². The lowest BCUT2D eigenvalue weighted by Crippen LogP contribution is -2.34. The van der Waals surface area contributed by atoms with Gasteiger partial charge >= 0.3 is 23.0 Å². The molecule has 0 aromatic carbocycles. The summed E-state index contributed by atoms with van der Waals surface area (Å²) in [5.74, 6) is -1.65. The Morgan fingerprint density at radius 1 is 0.679 bits per heavy atom. The normalized spacial score (nSPS) is 10.4. The quantitative estimate of drug-likeness (QED) is 0.426. The molecule has 0 radical (unpaired) electrons. The molecule has 0 aliphatic rings. The van der Waals surface area contributed by atoms with Crippen molar-refractivity contribution >= 4 is 23.0 Å². The van der Waals surface area contributed by atoms with Gasteiger partial charge in [0.05, 0.1) is 9.85 Å². The molecule has 18 nitrogen and oxygen atoms in total. The predicted octanol–water partition coefficient (Wildman–Crippen LogP) is 1.03. The van der Waals surface area contributed by atoms with Crippen LogP contribution in [-0.2, 0) is 13.3 Å². The summed E-state index contributed by atoms with van der Waals surface area (Å²) < 4.78 is 1.18. The maximum atomic E-state index is 11.2. The summed E-state index contributed by atoms with van der Waals surface area (Å²) in [5.41, 5.74) is -1.39. The second-order valence-corrected chi connectivity index (χ2v) is 5.11. The van der Waals surface area contributed by atoms with Crippen LogP contribution in [0.2, 0.25) is 0 Å². The SMILES string of the molecule is O=[N+]([O-])c1cc([N+](=O)[O-])n(CN(Cn2cc([N+](=O)[O-])cc2[N+](=O)[O-])[N+](=O)[O-])c1. The Balaban J connectivity index is 2.40. The standard InChI is InChI=1S/C10H8N8O10/c19-14(20)7-1-9(16(23)24)11(3-7)5-13(18(27)28)6-12-4-8(15(21)22)2-10(12)17(25)26/h1-4H,5-6H2. The van der Waals surface area contributed by atoms with Gasteiger partial charge in [-0.1, -0.05) is 0 Å². The molecule has 0 aliphatic carbocycles. The number of nitro groups is 5. The van der Waals surface area contributed by atoms with Crippen molar-refractivity contribution in [1.82, 2.24) is 14.1 Å². The molecule has 18 heteroatoms. The number of hydrogen-bond acceptors (Lipinski definition) is 10. The summed E-state index contributed by atoms with van der Waals surface area (Å²) in [6.07, 6.45) is 1.36. The lowest BCUT2D eigenvalue weighted by atomic mass is 10.5. The van der Waals surface area contributed by atoms with Crippen LogP contribution in [0.5, 0.6) is 0 Å². The van der Waals surface area contributed by atoms with E-state index < -0.39 is 61.1 Å². The number of hydrazine groups is 1. The topological polar surface area (TPSA) is 229 Å². The fourth-order valence-corrected chi connectivity index (χ4v) is 2.20. The van der Waals surface area contributed by atoms with Crippen LogP contribution < -0.4 is 0 Å². The van der Waals surface area contributed by atoms with Gasteiger partial charge in [0.15, 0.2) is 17.4 Å². The molecule has 0 saturated heterocycles. The lowest BCUT2D eigenvalue weighted by molar-refractivity contribution is -0.671. The highest BCUT2D eigenvalue weighted by atomic mass is 16.7. The summed E-state index contributed by atoms with van der Waals surface area (Å²) in [7, 11) is 0. The molecule has 148 valence electrons. The molecule has 0 saturated carbocycles. The highest BCUT2D eigenvalue weighted by Crippen LogP contribution is 2.25. The van der Waals surface area contributed by atoms with Gasteiger partial charge in [0.25, 0.3) is 0 Å². The van der Waals surface area contributed by atoms with E-state index in [9.17, 15) is 50.6 Å². The number of nitrogens with zero attached hydrogens (tertiary/aromatic N) is 8. The van der Waals surface area contributed by atoms with Crippen LogP contribution in [0.25, 0.3) is 0 Å². The van der Waals surface area contributed by atoms with Crippen LogP contribution in [0.1, 0.15) is 0 Å². The van der Waals surface area contributed by atoms with Crippen molar-refractivity contribution in [3.8, 4) is 0 Å². The second-order valence-electron chi connectivity index (χ2n) is 5.11. The first-order chi connectivity index (χ1) is 13.0. The molecule has 0 N–H and O–H groups in total. The predicted molar refractivity (Wildman–Crippen MR) is 84.3 cm³/mol. The number of hydrogen-bond donors (Lipinski definition) is 0. The molecule has 0 amide bonds. The van der Waals surface area contributed by atoms with Crippen molar-refractivity contribution in [2.45, 2.75) is 13.3 Å².